The van der Waals surface area contributed by atoms with Gasteiger partial charge in [0, 0.05) is 18.8 Å². The number of amides is 2. The van der Waals surface area contributed by atoms with Crippen molar-refractivity contribution in [2.45, 2.75) is 25.7 Å². The van der Waals surface area contributed by atoms with Gasteiger partial charge in [0.25, 0.3) is 5.91 Å². The van der Waals surface area contributed by atoms with Gasteiger partial charge in [-0.05, 0) is 60.9 Å². The topological polar surface area (TPSA) is 58.6 Å². The van der Waals surface area contributed by atoms with E-state index in [9.17, 15) is 9.59 Å². The summed E-state index contributed by atoms with van der Waals surface area (Å²) in [6.45, 7) is 7.49. The van der Waals surface area contributed by atoms with Crippen LogP contribution in [0.25, 0.3) is 0 Å². The number of carbonyl (C=O) groups excluding carboxylic acids is 2. The number of nitrogens with zero attached hydrogens (tertiary/aromatic N) is 1. The van der Waals surface area contributed by atoms with Gasteiger partial charge >= 0.3 is 0 Å². The fourth-order valence-electron chi connectivity index (χ4n) is 3.32. The predicted octanol–water partition coefficient (Wildman–Crippen LogP) is 4.29. The van der Waals surface area contributed by atoms with Crippen LogP contribution in [0, 0.1) is 0 Å². The first-order valence-corrected chi connectivity index (χ1v) is 10.0. The lowest BCUT2D eigenvalue weighted by Gasteiger charge is -2.31. The standard InChI is InChI=1S/C21H24N2O3S/c1-3-19(24)23-12-9-16(10-13-23)15-5-7-17(8-6-15)22-21(25)20-18(26-4-2)11-14-27-20/h3,5-8,11,14,16H,1,4,9-10,12-13H2,2H3,(H,22,25). The van der Waals surface area contributed by atoms with Gasteiger partial charge in [-0.3, -0.25) is 9.59 Å². The van der Waals surface area contributed by atoms with Crippen LogP contribution >= 0.6 is 11.3 Å². The number of piperidine rings is 1. The molecule has 0 aliphatic carbocycles. The summed E-state index contributed by atoms with van der Waals surface area (Å²) in [4.78, 5) is 26.6. The van der Waals surface area contributed by atoms with Crippen molar-refractivity contribution >= 4 is 28.8 Å². The first-order valence-electron chi connectivity index (χ1n) is 9.15. The molecule has 142 valence electrons. The van der Waals surface area contributed by atoms with Crippen molar-refractivity contribution < 1.29 is 14.3 Å². The fourth-order valence-corrected chi connectivity index (χ4v) is 4.05. The Hall–Kier alpha value is -2.60. The van der Waals surface area contributed by atoms with Crippen LogP contribution in [-0.2, 0) is 4.79 Å². The molecule has 2 heterocycles. The SMILES string of the molecule is C=CC(=O)N1CCC(c2ccc(NC(=O)c3sccc3OCC)cc2)CC1. The summed E-state index contributed by atoms with van der Waals surface area (Å²) in [7, 11) is 0. The zero-order valence-electron chi connectivity index (χ0n) is 15.4. The second-order valence-electron chi connectivity index (χ2n) is 6.43. The number of ether oxygens (including phenoxy) is 1. The zero-order valence-corrected chi connectivity index (χ0v) is 16.3. The second kappa shape index (κ2) is 8.86. The van der Waals surface area contributed by atoms with E-state index in [1.165, 1.54) is 23.0 Å². The molecule has 27 heavy (non-hydrogen) atoms. The Kier molecular flexibility index (Phi) is 6.29. The molecule has 0 bridgehead atoms. The number of nitrogens with one attached hydrogen (secondary N) is 1. The minimum absolute atomic E-state index is 0.00603. The van der Waals surface area contributed by atoms with Crippen LogP contribution in [0.5, 0.6) is 5.75 Å². The van der Waals surface area contributed by atoms with Crippen LogP contribution < -0.4 is 10.1 Å². The lowest BCUT2D eigenvalue weighted by Crippen LogP contribution is -2.36. The summed E-state index contributed by atoms with van der Waals surface area (Å²) in [6.07, 6.45) is 3.26. The first-order chi connectivity index (χ1) is 13.1. The van der Waals surface area contributed by atoms with E-state index >= 15 is 0 Å². The Labute approximate surface area is 163 Å². The smallest absolute Gasteiger partial charge is 0.269 e. The molecule has 0 radical (unpaired) electrons. The van der Waals surface area contributed by atoms with Gasteiger partial charge in [-0.25, -0.2) is 0 Å². The molecule has 1 aromatic heterocycles. The molecule has 1 aliphatic heterocycles. The predicted molar refractivity (Wildman–Crippen MR) is 109 cm³/mol. The van der Waals surface area contributed by atoms with Crippen molar-refractivity contribution in [3.8, 4) is 5.75 Å². The third-order valence-electron chi connectivity index (χ3n) is 4.76. The highest BCUT2D eigenvalue weighted by molar-refractivity contribution is 7.12. The highest BCUT2D eigenvalue weighted by Crippen LogP contribution is 2.30. The van der Waals surface area contributed by atoms with Gasteiger partial charge in [0.2, 0.25) is 5.91 Å². The van der Waals surface area contributed by atoms with E-state index < -0.39 is 0 Å². The monoisotopic (exact) mass is 384 g/mol. The Morgan fingerprint density at radius 1 is 1.26 bits per heavy atom. The quantitative estimate of drug-likeness (QED) is 0.756. The first kappa shape index (κ1) is 19.2. The number of benzene rings is 1. The van der Waals surface area contributed by atoms with E-state index in [0.717, 1.165) is 31.6 Å². The maximum absolute atomic E-state index is 12.5. The van der Waals surface area contributed by atoms with Crippen molar-refractivity contribution in [3.63, 3.8) is 0 Å². The number of thiophene rings is 1. The average Bonchev–Trinajstić information content (AvgIpc) is 3.17. The van der Waals surface area contributed by atoms with Crippen LogP contribution in [0.15, 0.2) is 48.4 Å². The lowest BCUT2D eigenvalue weighted by atomic mass is 9.89. The summed E-state index contributed by atoms with van der Waals surface area (Å²) in [5, 5.41) is 4.78. The summed E-state index contributed by atoms with van der Waals surface area (Å²) < 4.78 is 5.48. The van der Waals surface area contributed by atoms with Crippen molar-refractivity contribution in [1.82, 2.24) is 4.90 Å². The molecule has 0 atom stereocenters. The number of likely N-dealkylation sites (tertiary alicyclic amines) is 1. The number of hydrogen-bond donors (Lipinski definition) is 1. The number of rotatable bonds is 6. The van der Waals surface area contributed by atoms with E-state index in [4.69, 9.17) is 4.74 Å². The maximum atomic E-state index is 12.5. The summed E-state index contributed by atoms with van der Waals surface area (Å²) in [5.41, 5.74) is 2.00. The number of anilines is 1. The van der Waals surface area contributed by atoms with Crippen molar-refractivity contribution in [3.05, 3.63) is 58.8 Å². The van der Waals surface area contributed by atoms with Gasteiger partial charge in [0.1, 0.15) is 10.6 Å². The molecule has 5 nitrogen and oxygen atoms in total. The Morgan fingerprint density at radius 2 is 1.96 bits per heavy atom. The zero-order chi connectivity index (χ0) is 19.2. The molecule has 1 fully saturated rings. The molecule has 3 rings (SSSR count). The Balaban J connectivity index is 1.59. The second-order valence-corrected chi connectivity index (χ2v) is 7.34. The minimum Gasteiger partial charge on any atom is -0.492 e. The van der Waals surface area contributed by atoms with Gasteiger partial charge in [-0.2, -0.15) is 0 Å². The van der Waals surface area contributed by atoms with Gasteiger partial charge in [-0.1, -0.05) is 18.7 Å². The van der Waals surface area contributed by atoms with Gasteiger partial charge in [0.15, 0.2) is 0 Å². The van der Waals surface area contributed by atoms with Crippen LogP contribution in [0.3, 0.4) is 0 Å². The van der Waals surface area contributed by atoms with E-state index in [1.54, 1.807) is 0 Å². The summed E-state index contributed by atoms with van der Waals surface area (Å²) >= 11 is 1.37. The van der Waals surface area contributed by atoms with Crippen LogP contribution in [0.2, 0.25) is 0 Å². The van der Waals surface area contributed by atoms with Crippen molar-refractivity contribution in [2.75, 3.05) is 25.0 Å². The van der Waals surface area contributed by atoms with Gasteiger partial charge < -0.3 is 15.0 Å². The molecule has 6 heteroatoms. The largest absolute Gasteiger partial charge is 0.492 e. The third kappa shape index (κ3) is 4.57. The molecule has 1 aliphatic rings. The van der Waals surface area contributed by atoms with Crippen molar-refractivity contribution in [1.29, 1.82) is 0 Å². The Morgan fingerprint density at radius 3 is 2.59 bits per heavy atom. The molecule has 1 N–H and O–H groups in total. The minimum atomic E-state index is -0.155. The third-order valence-corrected chi connectivity index (χ3v) is 5.65. The molecule has 0 saturated carbocycles. The molecule has 0 spiro atoms. The molecular weight excluding hydrogens is 360 g/mol. The Bertz CT molecular complexity index is 805. The highest BCUT2D eigenvalue weighted by atomic mass is 32.1. The fraction of sp³-hybridized carbons (Fsp3) is 0.333. The maximum Gasteiger partial charge on any atom is 0.269 e. The molecule has 1 aromatic carbocycles. The summed E-state index contributed by atoms with van der Waals surface area (Å²) in [6, 6.07) is 9.80. The molecule has 1 saturated heterocycles. The normalized spacial score (nSPS) is 14.6. The highest BCUT2D eigenvalue weighted by Gasteiger charge is 2.22. The lowest BCUT2D eigenvalue weighted by molar-refractivity contribution is -0.127. The molecule has 2 aromatic rings. The summed E-state index contributed by atoms with van der Waals surface area (Å²) in [5.74, 6) is 0.909. The van der Waals surface area contributed by atoms with Gasteiger partial charge in [-0.15, -0.1) is 11.3 Å². The number of carbonyl (C=O) groups is 2. The van der Waals surface area contributed by atoms with Crippen LogP contribution in [0.1, 0.15) is 40.9 Å². The van der Waals surface area contributed by atoms with E-state index in [-0.39, 0.29) is 11.8 Å². The molecular formula is C21H24N2O3S. The number of hydrogen-bond acceptors (Lipinski definition) is 4. The van der Waals surface area contributed by atoms with E-state index in [0.29, 0.717) is 23.2 Å². The van der Waals surface area contributed by atoms with Crippen LogP contribution in [-0.4, -0.2) is 36.4 Å². The van der Waals surface area contributed by atoms with Crippen LogP contribution in [0.4, 0.5) is 5.69 Å². The van der Waals surface area contributed by atoms with E-state index in [2.05, 4.69) is 24.0 Å². The molecule has 2 amide bonds. The van der Waals surface area contributed by atoms with Gasteiger partial charge in [0.05, 0.1) is 6.61 Å². The van der Waals surface area contributed by atoms with E-state index in [1.807, 2.05) is 35.4 Å². The van der Waals surface area contributed by atoms with Crippen molar-refractivity contribution in [2.24, 2.45) is 0 Å². The average molecular weight is 385 g/mol. The molecule has 0 unspecified atom stereocenters.